The first-order valence-corrected chi connectivity index (χ1v) is 8.85. The average molecular weight is 321 g/mol. The summed E-state index contributed by atoms with van der Waals surface area (Å²) in [7, 11) is 0. The van der Waals surface area contributed by atoms with Crippen molar-refractivity contribution in [3.05, 3.63) is 35.3 Å². The fourth-order valence-electron chi connectivity index (χ4n) is 1.97. The lowest BCUT2D eigenvalue weighted by molar-refractivity contribution is -0.116. The molecule has 2 aromatic rings. The molecule has 0 aliphatic rings. The molecule has 0 radical (unpaired) electrons. The second kappa shape index (κ2) is 7.47. The Morgan fingerprint density at radius 3 is 2.86 bits per heavy atom. The van der Waals surface area contributed by atoms with Crippen LogP contribution in [-0.4, -0.2) is 23.7 Å². The number of carbonyl (C=O) groups excluding carboxylic acids is 1. The van der Waals surface area contributed by atoms with Crippen LogP contribution in [0.4, 0.5) is 10.8 Å². The van der Waals surface area contributed by atoms with Gasteiger partial charge in [0, 0.05) is 29.4 Å². The zero-order valence-electron chi connectivity index (χ0n) is 12.4. The van der Waals surface area contributed by atoms with Gasteiger partial charge in [-0.25, -0.2) is 4.98 Å². The number of hydrogen-bond acceptors (Lipinski definition) is 5. The molecule has 0 bridgehead atoms. The van der Waals surface area contributed by atoms with E-state index in [1.165, 1.54) is 16.2 Å². The fraction of sp³-hybridized carbons (Fsp3) is 0.333. The number of carbonyl (C=O) groups is 1. The average Bonchev–Trinajstić information content (AvgIpc) is 2.94. The van der Waals surface area contributed by atoms with E-state index in [-0.39, 0.29) is 5.91 Å². The highest BCUT2D eigenvalue weighted by Gasteiger charge is 2.13. The lowest BCUT2D eigenvalue weighted by Gasteiger charge is -2.14. The predicted molar refractivity (Wildman–Crippen MR) is 91.4 cm³/mol. The zero-order valence-corrected chi connectivity index (χ0v) is 14.1. The van der Waals surface area contributed by atoms with Crippen molar-refractivity contribution in [1.29, 1.82) is 0 Å². The summed E-state index contributed by atoms with van der Waals surface area (Å²) in [5.74, 6) is 0.0269. The SMILES string of the molecule is CCN(C(C)=O)c1nc(CNc2ccccc2SC)cs1. The minimum Gasteiger partial charge on any atom is -0.378 e. The second-order valence-corrected chi connectivity index (χ2v) is 6.12. The Hall–Kier alpha value is -1.53. The molecule has 0 saturated carbocycles. The maximum Gasteiger partial charge on any atom is 0.225 e. The summed E-state index contributed by atoms with van der Waals surface area (Å²) >= 11 is 3.22. The van der Waals surface area contributed by atoms with Crippen LogP contribution in [0.3, 0.4) is 0 Å². The molecule has 1 heterocycles. The molecule has 1 aromatic heterocycles. The van der Waals surface area contributed by atoms with Gasteiger partial charge in [0.15, 0.2) is 5.13 Å². The van der Waals surface area contributed by atoms with Crippen molar-refractivity contribution in [2.24, 2.45) is 0 Å². The van der Waals surface area contributed by atoms with Gasteiger partial charge in [-0.2, -0.15) is 0 Å². The molecule has 4 nitrogen and oxygen atoms in total. The Morgan fingerprint density at radius 2 is 2.19 bits per heavy atom. The Balaban J connectivity index is 2.04. The number of benzene rings is 1. The van der Waals surface area contributed by atoms with Crippen LogP contribution in [0.25, 0.3) is 0 Å². The quantitative estimate of drug-likeness (QED) is 0.821. The number of amides is 1. The van der Waals surface area contributed by atoms with E-state index in [4.69, 9.17) is 0 Å². The number of thiazole rings is 1. The summed E-state index contributed by atoms with van der Waals surface area (Å²) in [6.07, 6.45) is 2.06. The van der Waals surface area contributed by atoms with E-state index in [9.17, 15) is 4.79 Å². The summed E-state index contributed by atoms with van der Waals surface area (Å²) < 4.78 is 0. The van der Waals surface area contributed by atoms with Gasteiger partial charge in [0.2, 0.25) is 5.91 Å². The maximum absolute atomic E-state index is 11.5. The Morgan fingerprint density at radius 1 is 1.43 bits per heavy atom. The van der Waals surface area contributed by atoms with E-state index in [1.807, 2.05) is 24.4 Å². The normalized spacial score (nSPS) is 10.4. The van der Waals surface area contributed by atoms with Crippen molar-refractivity contribution >= 4 is 39.8 Å². The van der Waals surface area contributed by atoms with Crippen molar-refractivity contribution in [1.82, 2.24) is 4.98 Å². The predicted octanol–water partition coefficient (Wildman–Crippen LogP) is 3.85. The van der Waals surface area contributed by atoms with Crippen LogP contribution in [0.15, 0.2) is 34.5 Å². The molecule has 1 amide bonds. The van der Waals surface area contributed by atoms with Crippen molar-refractivity contribution in [2.45, 2.75) is 25.3 Å². The van der Waals surface area contributed by atoms with Crippen LogP contribution in [0.2, 0.25) is 0 Å². The molecule has 0 aliphatic carbocycles. The number of anilines is 2. The fourth-order valence-corrected chi connectivity index (χ4v) is 3.48. The molecular formula is C15H19N3OS2. The molecular weight excluding hydrogens is 302 g/mol. The first kappa shape index (κ1) is 15.9. The number of nitrogens with zero attached hydrogens (tertiary/aromatic N) is 2. The van der Waals surface area contributed by atoms with Crippen LogP contribution < -0.4 is 10.2 Å². The number of aromatic nitrogens is 1. The van der Waals surface area contributed by atoms with Crippen LogP contribution in [0.5, 0.6) is 0 Å². The smallest absolute Gasteiger partial charge is 0.225 e. The highest BCUT2D eigenvalue weighted by Crippen LogP contribution is 2.26. The van der Waals surface area contributed by atoms with E-state index in [0.29, 0.717) is 13.1 Å². The van der Waals surface area contributed by atoms with Gasteiger partial charge >= 0.3 is 0 Å². The summed E-state index contributed by atoms with van der Waals surface area (Å²) in [5.41, 5.74) is 2.06. The highest BCUT2D eigenvalue weighted by atomic mass is 32.2. The van der Waals surface area contributed by atoms with E-state index in [1.54, 1.807) is 23.6 Å². The lowest BCUT2D eigenvalue weighted by atomic mass is 10.3. The first-order valence-electron chi connectivity index (χ1n) is 6.75. The molecule has 2 rings (SSSR count). The van der Waals surface area contributed by atoms with Crippen LogP contribution >= 0.6 is 23.1 Å². The van der Waals surface area contributed by atoms with E-state index < -0.39 is 0 Å². The maximum atomic E-state index is 11.5. The molecule has 0 atom stereocenters. The molecule has 0 spiro atoms. The molecule has 6 heteroatoms. The van der Waals surface area contributed by atoms with E-state index in [2.05, 4.69) is 28.7 Å². The van der Waals surface area contributed by atoms with E-state index >= 15 is 0 Å². The zero-order chi connectivity index (χ0) is 15.2. The summed E-state index contributed by atoms with van der Waals surface area (Å²) in [5, 5.41) is 6.16. The second-order valence-electron chi connectivity index (χ2n) is 4.44. The standard InChI is InChI=1S/C15H19N3OS2/c1-4-18(11(2)19)15-17-12(10-21-15)9-16-13-7-5-6-8-14(13)20-3/h5-8,10,16H,4,9H2,1-3H3. The van der Waals surface area contributed by atoms with Crippen molar-refractivity contribution in [2.75, 3.05) is 23.0 Å². The molecule has 0 aliphatic heterocycles. The molecule has 1 aromatic carbocycles. The Labute approximate surface area is 133 Å². The van der Waals surface area contributed by atoms with Gasteiger partial charge in [-0.3, -0.25) is 9.69 Å². The van der Waals surface area contributed by atoms with Gasteiger partial charge in [-0.15, -0.1) is 23.1 Å². The van der Waals surface area contributed by atoms with Crippen molar-refractivity contribution < 1.29 is 4.79 Å². The number of hydrogen-bond donors (Lipinski definition) is 1. The molecule has 0 unspecified atom stereocenters. The van der Waals surface area contributed by atoms with Gasteiger partial charge in [-0.05, 0) is 25.3 Å². The van der Waals surface area contributed by atoms with Crippen LogP contribution in [0.1, 0.15) is 19.5 Å². The molecule has 112 valence electrons. The number of rotatable bonds is 6. The van der Waals surface area contributed by atoms with Gasteiger partial charge in [0.1, 0.15) is 0 Å². The number of thioether (sulfide) groups is 1. The topological polar surface area (TPSA) is 45.2 Å². The Kier molecular flexibility index (Phi) is 5.64. The monoisotopic (exact) mass is 321 g/mol. The van der Waals surface area contributed by atoms with Crippen LogP contribution in [0, 0.1) is 0 Å². The Bertz CT molecular complexity index is 612. The molecule has 21 heavy (non-hydrogen) atoms. The van der Waals surface area contributed by atoms with Gasteiger partial charge < -0.3 is 5.32 Å². The van der Waals surface area contributed by atoms with E-state index in [0.717, 1.165) is 16.5 Å². The van der Waals surface area contributed by atoms with Gasteiger partial charge in [0.05, 0.1) is 12.2 Å². The third kappa shape index (κ3) is 3.98. The van der Waals surface area contributed by atoms with Crippen LogP contribution in [-0.2, 0) is 11.3 Å². The van der Waals surface area contributed by atoms with Gasteiger partial charge in [0.25, 0.3) is 0 Å². The minimum absolute atomic E-state index is 0.0269. The summed E-state index contributed by atoms with van der Waals surface area (Å²) in [6, 6.07) is 8.20. The lowest BCUT2D eigenvalue weighted by Crippen LogP contribution is -2.27. The summed E-state index contributed by atoms with van der Waals surface area (Å²) in [6.45, 7) is 4.82. The van der Waals surface area contributed by atoms with Crippen molar-refractivity contribution in [3.8, 4) is 0 Å². The molecule has 0 saturated heterocycles. The highest BCUT2D eigenvalue weighted by molar-refractivity contribution is 7.98. The molecule has 1 N–H and O–H groups in total. The first-order chi connectivity index (χ1) is 10.2. The largest absolute Gasteiger partial charge is 0.378 e. The minimum atomic E-state index is 0.0269. The third-order valence-corrected chi connectivity index (χ3v) is 4.74. The molecule has 0 fully saturated rings. The number of para-hydroxylation sites is 1. The third-order valence-electron chi connectivity index (χ3n) is 3.03. The van der Waals surface area contributed by atoms with Crippen molar-refractivity contribution in [3.63, 3.8) is 0 Å². The summed E-state index contributed by atoms with van der Waals surface area (Å²) in [4.78, 5) is 18.9. The number of nitrogens with one attached hydrogen (secondary N) is 1. The van der Waals surface area contributed by atoms with Gasteiger partial charge in [-0.1, -0.05) is 12.1 Å².